The molecule has 2 aromatic rings. The van der Waals surface area contributed by atoms with Crippen LogP contribution in [0.25, 0.3) is 0 Å². The number of aliphatic imine (C=N–C) groups is 1. The third-order valence-corrected chi connectivity index (χ3v) is 7.98. The van der Waals surface area contributed by atoms with Gasteiger partial charge in [-0.25, -0.2) is 0 Å². The first-order chi connectivity index (χ1) is 14.6. The number of likely N-dealkylation sites (tertiary alicyclic amines) is 1. The second-order valence-electron chi connectivity index (χ2n) is 8.75. The van der Waals surface area contributed by atoms with E-state index < -0.39 is 5.72 Å². The highest BCUT2D eigenvalue weighted by Crippen LogP contribution is 2.48. The number of rotatable bonds is 4. The van der Waals surface area contributed by atoms with E-state index in [0.29, 0.717) is 5.75 Å². The molecule has 1 unspecified atom stereocenters. The van der Waals surface area contributed by atoms with Crippen LogP contribution in [0.5, 0.6) is 5.75 Å². The van der Waals surface area contributed by atoms with E-state index in [-0.39, 0.29) is 39.4 Å². The molecule has 5 rings (SSSR count). The van der Waals surface area contributed by atoms with E-state index in [1.165, 1.54) is 5.56 Å². The van der Waals surface area contributed by atoms with Crippen molar-refractivity contribution in [2.75, 3.05) is 39.0 Å². The fraction of sp³-hybridized carbons (Fsp3) is 0.458. The van der Waals surface area contributed by atoms with Crippen LogP contribution in [0.2, 0.25) is 0 Å². The molecule has 0 bridgehead atoms. The molecule has 3 aliphatic rings. The van der Waals surface area contributed by atoms with Crippen LogP contribution in [0.15, 0.2) is 59.6 Å². The Morgan fingerprint density at radius 3 is 2.44 bits per heavy atom. The molecule has 0 aromatic heterocycles. The first-order valence-corrected chi connectivity index (χ1v) is 11.7. The molecule has 2 fully saturated rings. The second kappa shape index (κ2) is 10.5. The number of hydrogen-bond donors (Lipinski definition) is 1. The normalized spacial score (nSPS) is 24.2. The van der Waals surface area contributed by atoms with Gasteiger partial charge in [0.2, 0.25) is 0 Å². The molecule has 0 radical (unpaired) electrons. The minimum absolute atomic E-state index is 0. The number of para-hydroxylation sites is 1. The molecule has 1 spiro atoms. The molecule has 0 amide bonds. The van der Waals surface area contributed by atoms with Gasteiger partial charge in [0.1, 0.15) is 5.75 Å². The average molecular weight is 585 g/mol. The number of aliphatic hydroxyl groups is 1. The molecule has 174 valence electrons. The molecular formula is C24H31Br2N3O2S. The van der Waals surface area contributed by atoms with Crippen molar-refractivity contribution in [3.05, 3.63) is 65.7 Å². The number of amidine groups is 1. The molecule has 32 heavy (non-hydrogen) atoms. The third kappa shape index (κ3) is 4.75. The fourth-order valence-corrected chi connectivity index (χ4v) is 6.14. The van der Waals surface area contributed by atoms with Gasteiger partial charge in [0.25, 0.3) is 0 Å². The lowest BCUT2D eigenvalue weighted by molar-refractivity contribution is -0.0767. The molecule has 0 saturated carbocycles. The van der Waals surface area contributed by atoms with Crippen LogP contribution in [0, 0.1) is 5.41 Å². The van der Waals surface area contributed by atoms with E-state index in [4.69, 9.17) is 9.73 Å². The summed E-state index contributed by atoms with van der Waals surface area (Å²) in [5.41, 5.74) is 1.28. The quantitative estimate of drug-likeness (QED) is 0.565. The molecular weight excluding hydrogens is 554 g/mol. The van der Waals surface area contributed by atoms with Crippen LogP contribution in [-0.2, 0) is 12.3 Å². The zero-order valence-electron chi connectivity index (χ0n) is 18.3. The van der Waals surface area contributed by atoms with Gasteiger partial charge in [-0.05, 0) is 37.6 Å². The maximum Gasteiger partial charge on any atom is 0.179 e. The minimum Gasteiger partial charge on any atom is -0.496 e. The van der Waals surface area contributed by atoms with Crippen LogP contribution in [0.3, 0.4) is 0 Å². The molecule has 1 atom stereocenters. The number of benzene rings is 2. The molecule has 2 saturated heterocycles. The lowest BCUT2D eigenvalue weighted by Gasteiger charge is -2.48. The van der Waals surface area contributed by atoms with Gasteiger partial charge in [0.05, 0.1) is 12.9 Å². The molecule has 3 aliphatic heterocycles. The number of hydrogen-bond acceptors (Lipinski definition) is 6. The van der Waals surface area contributed by atoms with E-state index in [1.807, 2.05) is 24.3 Å². The summed E-state index contributed by atoms with van der Waals surface area (Å²) in [5, 5.41) is 12.7. The summed E-state index contributed by atoms with van der Waals surface area (Å²) in [4.78, 5) is 9.63. The lowest BCUT2D eigenvalue weighted by Crippen LogP contribution is -2.56. The highest BCUT2D eigenvalue weighted by Gasteiger charge is 2.52. The van der Waals surface area contributed by atoms with Gasteiger partial charge in [-0.1, -0.05) is 60.3 Å². The number of methoxy groups -OCH3 is 1. The van der Waals surface area contributed by atoms with E-state index in [9.17, 15) is 5.11 Å². The van der Waals surface area contributed by atoms with Gasteiger partial charge in [0, 0.05) is 30.6 Å². The zero-order valence-corrected chi connectivity index (χ0v) is 22.5. The summed E-state index contributed by atoms with van der Waals surface area (Å²) >= 11 is 1.66. The predicted molar refractivity (Wildman–Crippen MR) is 142 cm³/mol. The van der Waals surface area contributed by atoms with Crippen LogP contribution in [0.1, 0.15) is 24.0 Å². The number of ether oxygens (including phenoxy) is 1. The Hall–Kier alpha value is -1.06. The van der Waals surface area contributed by atoms with Crippen molar-refractivity contribution in [2.45, 2.75) is 25.1 Å². The maximum atomic E-state index is 11.8. The van der Waals surface area contributed by atoms with Crippen molar-refractivity contribution in [1.82, 2.24) is 9.80 Å². The predicted octanol–water partition coefficient (Wildman–Crippen LogP) is 4.70. The van der Waals surface area contributed by atoms with Gasteiger partial charge in [-0.3, -0.25) is 9.89 Å². The van der Waals surface area contributed by atoms with Crippen molar-refractivity contribution in [2.24, 2.45) is 10.4 Å². The zero-order chi connectivity index (χ0) is 20.6. The van der Waals surface area contributed by atoms with E-state index in [0.717, 1.165) is 62.0 Å². The highest BCUT2D eigenvalue weighted by atomic mass is 79.9. The van der Waals surface area contributed by atoms with Gasteiger partial charge in [0.15, 0.2) is 10.9 Å². The summed E-state index contributed by atoms with van der Waals surface area (Å²) in [6, 6.07) is 18.5. The van der Waals surface area contributed by atoms with Crippen molar-refractivity contribution >= 4 is 50.9 Å². The number of piperidine rings is 1. The standard InChI is InChI=1S/C24H29N3O2S.2BrH/c1-29-21-10-6-5-9-20(21)24(28)18-30-22-25-16-23(17-27(22)24)11-13-26(14-12-23)15-19-7-3-2-4-8-19;;/h2-10,28H,11-18H2,1H3;2*1H. The Bertz CT molecular complexity index is 938. The number of halogens is 2. The Kier molecular flexibility index (Phi) is 8.36. The van der Waals surface area contributed by atoms with Crippen molar-refractivity contribution < 1.29 is 9.84 Å². The summed E-state index contributed by atoms with van der Waals surface area (Å²) in [5.74, 6) is 1.32. The fourth-order valence-electron chi connectivity index (χ4n) is 4.97. The Morgan fingerprint density at radius 1 is 1.03 bits per heavy atom. The van der Waals surface area contributed by atoms with Gasteiger partial charge in [-0.2, -0.15) is 0 Å². The Labute approximate surface area is 215 Å². The molecule has 1 N–H and O–H groups in total. The molecule has 2 aromatic carbocycles. The van der Waals surface area contributed by atoms with Crippen LogP contribution < -0.4 is 4.74 Å². The average Bonchev–Trinajstić information content (AvgIpc) is 3.13. The first-order valence-electron chi connectivity index (χ1n) is 10.7. The SMILES string of the molecule is Br.Br.COc1ccccc1C1(O)CSC2=NCC3(CCN(Cc4ccccc4)CC3)CN21. The van der Waals surface area contributed by atoms with Gasteiger partial charge >= 0.3 is 0 Å². The largest absolute Gasteiger partial charge is 0.496 e. The third-order valence-electron chi connectivity index (χ3n) is 6.83. The molecule has 3 heterocycles. The molecule has 5 nitrogen and oxygen atoms in total. The van der Waals surface area contributed by atoms with E-state index >= 15 is 0 Å². The Morgan fingerprint density at radius 2 is 1.72 bits per heavy atom. The summed E-state index contributed by atoms with van der Waals surface area (Å²) < 4.78 is 5.57. The van der Waals surface area contributed by atoms with Crippen LogP contribution >= 0.6 is 45.7 Å². The number of nitrogens with zero attached hydrogens (tertiary/aromatic N) is 3. The first kappa shape index (κ1) is 25.6. The minimum atomic E-state index is -1.06. The van der Waals surface area contributed by atoms with Gasteiger partial charge in [-0.15, -0.1) is 34.0 Å². The molecule has 0 aliphatic carbocycles. The van der Waals surface area contributed by atoms with Crippen LogP contribution in [-0.4, -0.2) is 59.1 Å². The van der Waals surface area contributed by atoms with Crippen molar-refractivity contribution in [1.29, 1.82) is 0 Å². The highest BCUT2D eigenvalue weighted by molar-refractivity contribution is 8.93. The monoisotopic (exact) mass is 583 g/mol. The summed E-state index contributed by atoms with van der Waals surface area (Å²) in [7, 11) is 1.67. The number of thioether (sulfide) groups is 1. The van der Waals surface area contributed by atoms with E-state index in [1.54, 1.807) is 18.9 Å². The second-order valence-corrected chi connectivity index (χ2v) is 9.69. The number of fused-ring (bicyclic) bond motifs is 1. The summed E-state index contributed by atoms with van der Waals surface area (Å²) in [6.07, 6.45) is 2.22. The maximum absolute atomic E-state index is 11.8. The lowest BCUT2D eigenvalue weighted by atomic mass is 9.76. The van der Waals surface area contributed by atoms with Gasteiger partial charge < -0.3 is 14.7 Å². The van der Waals surface area contributed by atoms with Crippen LogP contribution in [0.4, 0.5) is 0 Å². The molecule has 8 heteroatoms. The Balaban J connectivity index is 0.00000144. The van der Waals surface area contributed by atoms with Crippen molar-refractivity contribution in [3.8, 4) is 5.75 Å². The van der Waals surface area contributed by atoms with E-state index in [2.05, 4.69) is 40.1 Å². The van der Waals surface area contributed by atoms with Crippen molar-refractivity contribution in [3.63, 3.8) is 0 Å². The summed E-state index contributed by atoms with van der Waals surface area (Å²) in [6.45, 7) is 4.89. The smallest absolute Gasteiger partial charge is 0.179 e. The topological polar surface area (TPSA) is 48.3 Å².